The molecule has 1 aliphatic carbocycles. The van der Waals surface area contributed by atoms with E-state index in [4.69, 9.17) is 0 Å². The van der Waals surface area contributed by atoms with E-state index in [0.717, 1.165) is 25.7 Å². The Balaban J connectivity index is 1.69. The third-order valence-corrected chi connectivity index (χ3v) is 4.13. The fraction of sp³-hybridized carbons (Fsp3) is 0.556. The van der Waals surface area contributed by atoms with Crippen LogP contribution in [0.15, 0.2) is 24.3 Å². The van der Waals surface area contributed by atoms with Crippen molar-refractivity contribution in [2.75, 3.05) is 13.2 Å². The molecule has 144 valence electrons. The monoisotopic (exact) mass is 372 g/mol. The third kappa shape index (κ3) is 7.33. The number of hydrogen-bond donors (Lipinski definition) is 2. The molecule has 0 bridgehead atoms. The van der Waals surface area contributed by atoms with Gasteiger partial charge in [-0.15, -0.1) is 0 Å². The highest BCUT2D eigenvalue weighted by Crippen LogP contribution is 2.19. The number of nitrogens with one attached hydrogen (secondary N) is 2. The zero-order valence-electron chi connectivity index (χ0n) is 14.4. The topological polar surface area (TPSA) is 67.4 Å². The number of ether oxygens (including phenoxy) is 1. The van der Waals surface area contributed by atoms with Gasteiger partial charge in [0.2, 0.25) is 5.91 Å². The quantitative estimate of drug-likeness (QED) is 0.772. The minimum absolute atomic E-state index is 0.0331. The van der Waals surface area contributed by atoms with Gasteiger partial charge in [0, 0.05) is 24.6 Å². The number of amides is 2. The van der Waals surface area contributed by atoms with Gasteiger partial charge in [0.05, 0.1) is 0 Å². The molecule has 0 saturated heterocycles. The second kappa shape index (κ2) is 9.45. The van der Waals surface area contributed by atoms with Gasteiger partial charge in [0.15, 0.2) is 6.61 Å². The summed E-state index contributed by atoms with van der Waals surface area (Å²) in [6.07, 6.45) is 1.25. The lowest BCUT2D eigenvalue weighted by Crippen LogP contribution is -2.38. The largest absolute Gasteiger partial charge is 0.484 e. The Morgan fingerprint density at radius 2 is 1.73 bits per heavy atom. The molecule has 26 heavy (non-hydrogen) atoms. The molecule has 8 heteroatoms. The van der Waals surface area contributed by atoms with Crippen molar-refractivity contribution in [3.05, 3.63) is 29.8 Å². The van der Waals surface area contributed by atoms with Crippen LogP contribution in [0.2, 0.25) is 0 Å². The van der Waals surface area contributed by atoms with Crippen LogP contribution in [0.5, 0.6) is 5.75 Å². The normalized spacial score (nSPS) is 15.3. The van der Waals surface area contributed by atoms with E-state index in [2.05, 4.69) is 15.4 Å². The SMILES string of the molecule is O=C(CCNC(=O)c1ccc(OCC(F)(F)F)cc1)NC1CCCCC1. The van der Waals surface area contributed by atoms with Crippen LogP contribution < -0.4 is 15.4 Å². The standard InChI is InChI=1S/C18H23F3N2O3/c19-18(20,21)12-26-15-8-6-13(7-9-15)17(25)22-11-10-16(24)23-14-4-2-1-3-5-14/h6-9,14H,1-5,10-12H2,(H,22,25)(H,23,24). The van der Waals surface area contributed by atoms with Gasteiger partial charge in [-0.25, -0.2) is 0 Å². The fourth-order valence-corrected chi connectivity index (χ4v) is 2.81. The predicted molar refractivity (Wildman–Crippen MR) is 90.0 cm³/mol. The molecule has 0 aliphatic heterocycles. The molecule has 2 rings (SSSR count). The zero-order valence-corrected chi connectivity index (χ0v) is 14.4. The van der Waals surface area contributed by atoms with E-state index < -0.39 is 18.7 Å². The highest BCUT2D eigenvalue weighted by atomic mass is 19.4. The van der Waals surface area contributed by atoms with Gasteiger partial charge in [0.1, 0.15) is 5.75 Å². The van der Waals surface area contributed by atoms with Crippen LogP contribution in [0.4, 0.5) is 13.2 Å². The maximum Gasteiger partial charge on any atom is 0.422 e. The van der Waals surface area contributed by atoms with Crippen molar-refractivity contribution in [3.63, 3.8) is 0 Å². The highest BCUT2D eigenvalue weighted by Gasteiger charge is 2.28. The lowest BCUT2D eigenvalue weighted by molar-refractivity contribution is -0.153. The molecule has 5 nitrogen and oxygen atoms in total. The lowest BCUT2D eigenvalue weighted by Gasteiger charge is -2.22. The summed E-state index contributed by atoms with van der Waals surface area (Å²) in [5.41, 5.74) is 0.289. The van der Waals surface area contributed by atoms with E-state index in [1.54, 1.807) is 0 Å². The van der Waals surface area contributed by atoms with Crippen LogP contribution >= 0.6 is 0 Å². The number of hydrogen-bond acceptors (Lipinski definition) is 3. The summed E-state index contributed by atoms with van der Waals surface area (Å²) in [5, 5.41) is 5.59. The van der Waals surface area contributed by atoms with Gasteiger partial charge in [0.25, 0.3) is 5.91 Å². The molecule has 1 aromatic carbocycles. The Hall–Kier alpha value is -2.25. The first-order chi connectivity index (χ1) is 12.3. The molecule has 1 aliphatic rings. The number of benzene rings is 1. The van der Waals surface area contributed by atoms with Crippen molar-refractivity contribution < 1.29 is 27.5 Å². The van der Waals surface area contributed by atoms with Gasteiger partial charge < -0.3 is 15.4 Å². The summed E-state index contributed by atoms with van der Waals surface area (Å²) < 4.78 is 40.8. The van der Waals surface area contributed by atoms with E-state index >= 15 is 0 Å². The number of alkyl halides is 3. The Kier molecular flexibility index (Phi) is 7.29. The van der Waals surface area contributed by atoms with Crippen molar-refractivity contribution in [1.29, 1.82) is 0 Å². The minimum atomic E-state index is -4.41. The maximum absolute atomic E-state index is 12.1. The summed E-state index contributed by atoms with van der Waals surface area (Å²) in [5.74, 6) is -0.448. The summed E-state index contributed by atoms with van der Waals surface area (Å²) in [4.78, 5) is 23.8. The Bertz CT molecular complexity index is 597. The van der Waals surface area contributed by atoms with Gasteiger partial charge >= 0.3 is 6.18 Å². The first-order valence-corrected chi connectivity index (χ1v) is 8.71. The van der Waals surface area contributed by atoms with Crippen molar-refractivity contribution in [2.45, 2.75) is 50.7 Å². The van der Waals surface area contributed by atoms with E-state index in [9.17, 15) is 22.8 Å². The second-order valence-corrected chi connectivity index (χ2v) is 6.34. The van der Waals surface area contributed by atoms with Crippen molar-refractivity contribution in [1.82, 2.24) is 10.6 Å². The van der Waals surface area contributed by atoms with Gasteiger partial charge in [-0.2, -0.15) is 13.2 Å². The van der Waals surface area contributed by atoms with Crippen molar-refractivity contribution in [3.8, 4) is 5.75 Å². The van der Waals surface area contributed by atoms with E-state index in [1.165, 1.54) is 30.7 Å². The lowest BCUT2D eigenvalue weighted by atomic mass is 9.95. The molecule has 2 amide bonds. The molecule has 0 unspecified atom stereocenters. The average molecular weight is 372 g/mol. The van der Waals surface area contributed by atoms with Crippen LogP contribution in [0, 0.1) is 0 Å². The average Bonchev–Trinajstić information content (AvgIpc) is 2.60. The molecular weight excluding hydrogens is 349 g/mol. The fourth-order valence-electron chi connectivity index (χ4n) is 2.81. The van der Waals surface area contributed by atoms with Crippen molar-refractivity contribution >= 4 is 11.8 Å². The molecule has 0 atom stereocenters. The summed E-state index contributed by atoms with van der Waals surface area (Å²) >= 11 is 0. The molecule has 0 radical (unpaired) electrons. The smallest absolute Gasteiger partial charge is 0.422 e. The van der Waals surface area contributed by atoms with E-state index in [1.807, 2.05) is 0 Å². The van der Waals surface area contributed by atoms with Crippen LogP contribution in [0.25, 0.3) is 0 Å². The summed E-state index contributed by atoms with van der Waals surface area (Å²) in [7, 11) is 0. The Morgan fingerprint density at radius 3 is 2.35 bits per heavy atom. The Labute approximate surface area is 150 Å². The second-order valence-electron chi connectivity index (χ2n) is 6.34. The van der Waals surface area contributed by atoms with Gasteiger partial charge in [-0.3, -0.25) is 9.59 Å². The molecule has 0 aromatic heterocycles. The first-order valence-electron chi connectivity index (χ1n) is 8.71. The first kappa shape index (κ1) is 20.1. The molecule has 1 saturated carbocycles. The molecule has 0 spiro atoms. The molecular formula is C18H23F3N2O3. The number of carbonyl (C=O) groups is 2. The number of halogens is 3. The zero-order chi connectivity index (χ0) is 19.0. The van der Waals surface area contributed by atoms with Crippen LogP contribution in [-0.4, -0.2) is 37.2 Å². The van der Waals surface area contributed by atoms with Gasteiger partial charge in [-0.05, 0) is 37.1 Å². The van der Waals surface area contributed by atoms with Crippen LogP contribution in [0.1, 0.15) is 48.9 Å². The molecule has 1 aromatic rings. The Morgan fingerprint density at radius 1 is 1.08 bits per heavy atom. The molecule has 0 heterocycles. The number of carbonyl (C=O) groups excluding carboxylic acids is 2. The molecule has 2 N–H and O–H groups in total. The third-order valence-electron chi connectivity index (χ3n) is 4.13. The molecule has 1 fully saturated rings. The van der Waals surface area contributed by atoms with Crippen molar-refractivity contribution in [2.24, 2.45) is 0 Å². The van der Waals surface area contributed by atoms with Crippen LogP contribution in [0.3, 0.4) is 0 Å². The number of rotatable bonds is 7. The van der Waals surface area contributed by atoms with E-state index in [0.29, 0.717) is 0 Å². The van der Waals surface area contributed by atoms with Gasteiger partial charge in [-0.1, -0.05) is 19.3 Å². The minimum Gasteiger partial charge on any atom is -0.484 e. The maximum atomic E-state index is 12.1. The predicted octanol–water partition coefficient (Wildman–Crippen LogP) is 3.20. The highest BCUT2D eigenvalue weighted by molar-refractivity contribution is 5.94. The summed E-state index contributed by atoms with van der Waals surface area (Å²) in [6, 6.07) is 5.59. The summed E-state index contributed by atoms with van der Waals surface area (Å²) in [6.45, 7) is -1.18. The van der Waals surface area contributed by atoms with E-state index in [-0.39, 0.29) is 36.2 Å². The van der Waals surface area contributed by atoms with Crippen LogP contribution in [-0.2, 0) is 4.79 Å².